The van der Waals surface area contributed by atoms with Gasteiger partial charge in [0.15, 0.2) is 0 Å². The topological polar surface area (TPSA) is 85.5 Å². The van der Waals surface area contributed by atoms with Crippen molar-refractivity contribution in [1.82, 2.24) is 10.1 Å². The maximum atomic E-state index is 11.5. The van der Waals surface area contributed by atoms with Crippen LogP contribution in [0.2, 0.25) is 0 Å². The normalized spacial score (nSPS) is 12.4. The molecule has 0 bridgehead atoms. The van der Waals surface area contributed by atoms with Crippen molar-refractivity contribution in [3.05, 3.63) is 34.6 Å². The predicted molar refractivity (Wildman–Crippen MR) is 71.6 cm³/mol. The summed E-state index contributed by atoms with van der Waals surface area (Å²) in [4.78, 5) is 15.7. The number of rotatable bonds is 4. The number of carboxylic acid groups (broad SMARTS) is 1. The van der Waals surface area contributed by atoms with E-state index in [4.69, 9.17) is 9.26 Å². The van der Waals surface area contributed by atoms with Gasteiger partial charge in [0.25, 0.3) is 5.89 Å². The van der Waals surface area contributed by atoms with Crippen LogP contribution in [0, 0.1) is 13.8 Å². The summed E-state index contributed by atoms with van der Waals surface area (Å²) >= 11 is 0. The van der Waals surface area contributed by atoms with Gasteiger partial charge in [0.1, 0.15) is 6.10 Å². The molecule has 0 saturated carbocycles. The molecule has 1 atom stereocenters. The van der Waals surface area contributed by atoms with E-state index in [9.17, 15) is 9.90 Å². The molecule has 6 heteroatoms. The largest absolute Gasteiger partial charge is 0.478 e. The second-order valence-corrected chi connectivity index (χ2v) is 4.59. The molecule has 2 rings (SSSR count). The van der Waals surface area contributed by atoms with Crippen LogP contribution in [0.25, 0.3) is 11.5 Å². The average Bonchev–Trinajstić information content (AvgIpc) is 2.89. The fourth-order valence-electron chi connectivity index (χ4n) is 1.97. The molecule has 0 aliphatic heterocycles. The predicted octanol–water partition coefficient (Wildman–Crippen LogP) is 2.76. The molecule has 1 aromatic heterocycles. The van der Waals surface area contributed by atoms with Gasteiger partial charge in [0, 0.05) is 7.11 Å². The van der Waals surface area contributed by atoms with Crippen LogP contribution >= 0.6 is 0 Å². The van der Waals surface area contributed by atoms with E-state index in [1.165, 1.54) is 0 Å². The third kappa shape index (κ3) is 2.42. The first-order valence-electron chi connectivity index (χ1n) is 6.16. The Morgan fingerprint density at radius 2 is 2.00 bits per heavy atom. The van der Waals surface area contributed by atoms with E-state index in [1.807, 2.05) is 13.0 Å². The van der Waals surface area contributed by atoms with Crippen molar-refractivity contribution in [2.24, 2.45) is 0 Å². The Morgan fingerprint density at radius 1 is 1.35 bits per heavy atom. The first-order valence-corrected chi connectivity index (χ1v) is 6.16. The molecule has 0 spiro atoms. The van der Waals surface area contributed by atoms with Crippen LogP contribution in [0.3, 0.4) is 0 Å². The first-order chi connectivity index (χ1) is 9.45. The Morgan fingerprint density at radius 3 is 2.60 bits per heavy atom. The molecule has 0 saturated heterocycles. The minimum absolute atomic E-state index is 0.185. The number of methoxy groups -OCH3 is 1. The number of ether oxygens (including phenoxy) is 1. The van der Waals surface area contributed by atoms with Crippen molar-refractivity contribution in [3.63, 3.8) is 0 Å². The molecular weight excluding hydrogens is 260 g/mol. The molecular formula is C14H16N2O4. The molecule has 0 aliphatic rings. The van der Waals surface area contributed by atoms with Gasteiger partial charge in [-0.3, -0.25) is 0 Å². The quantitative estimate of drug-likeness (QED) is 0.924. The number of hydrogen-bond donors (Lipinski definition) is 1. The number of aromatic carboxylic acids is 1. The second kappa shape index (κ2) is 5.42. The number of benzene rings is 1. The summed E-state index contributed by atoms with van der Waals surface area (Å²) in [5, 5.41) is 13.2. The average molecular weight is 276 g/mol. The van der Waals surface area contributed by atoms with Crippen LogP contribution in [0.4, 0.5) is 0 Å². The minimum Gasteiger partial charge on any atom is -0.478 e. The molecule has 0 radical (unpaired) electrons. The van der Waals surface area contributed by atoms with Crippen LogP contribution in [-0.4, -0.2) is 28.3 Å². The standard InChI is InChI=1S/C14H16N2O4/c1-7-5-6-8(2)11(14(17)18)10(7)13-15-12(16-20-13)9(3)19-4/h5-6,9H,1-4H3,(H,17,18). The zero-order chi connectivity index (χ0) is 14.9. The SMILES string of the molecule is COC(C)c1noc(-c2c(C)ccc(C)c2C(=O)O)n1. The van der Waals surface area contributed by atoms with Crippen molar-refractivity contribution >= 4 is 5.97 Å². The molecule has 1 unspecified atom stereocenters. The number of hydrogen-bond acceptors (Lipinski definition) is 5. The van der Waals surface area contributed by atoms with Gasteiger partial charge in [-0.05, 0) is 31.9 Å². The lowest BCUT2D eigenvalue weighted by molar-refractivity contribution is 0.0696. The lowest BCUT2D eigenvalue weighted by Crippen LogP contribution is -2.05. The summed E-state index contributed by atoms with van der Waals surface area (Å²) < 4.78 is 10.3. The van der Waals surface area contributed by atoms with Crippen molar-refractivity contribution in [3.8, 4) is 11.5 Å². The smallest absolute Gasteiger partial charge is 0.336 e. The molecule has 1 heterocycles. The van der Waals surface area contributed by atoms with Crippen LogP contribution in [0.15, 0.2) is 16.7 Å². The van der Waals surface area contributed by atoms with E-state index in [0.29, 0.717) is 17.0 Å². The van der Waals surface area contributed by atoms with Gasteiger partial charge in [-0.1, -0.05) is 17.3 Å². The van der Waals surface area contributed by atoms with Gasteiger partial charge in [-0.2, -0.15) is 4.98 Å². The van der Waals surface area contributed by atoms with Gasteiger partial charge in [-0.15, -0.1) is 0 Å². The summed E-state index contributed by atoms with van der Waals surface area (Å²) in [6.45, 7) is 5.34. The molecule has 0 aliphatic carbocycles. The van der Waals surface area contributed by atoms with Crippen molar-refractivity contribution in [2.75, 3.05) is 7.11 Å². The summed E-state index contributed by atoms with van der Waals surface area (Å²) in [5.74, 6) is -0.428. The third-order valence-electron chi connectivity index (χ3n) is 3.21. The number of carbonyl (C=O) groups is 1. The maximum Gasteiger partial charge on any atom is 0.336 e. The van der Waals surface area contributed by atoms with E-state index in [1.54, 1.807) is 27.0 Å². The molecule has 6 nitrogen and oxygen atoms in total. The third-order valence-corrected chi connectivity index (χ3v) is 3.21. The van der Waals surface area contributed by atoms with E-state index >= 15 is 0 Å². The first kappa shape index (κ1) is 14.2. The Balaban J connectivity index is 2.60. The van der Waals surface area contributed by atoms with Crippen LogP contribution < -0.4 is 0 Å². The maximum absolute atomic E-state index is 11.5. The van der Waals surface area contributed by atoms with Gasteiger partial charge >= 0.3 is 5.97 Å². The summed E-state index contributed by atoms with van der Waals surface area (Å²) in [6, 6.07) is 3.60. The molecule has 0 amide bonds. The highest BCUT2D eigenvalue weighted by Crippen LogP contribution is 2.29. The van der Waals surface area contributed by atoms with Crippen LogP contribution in [0.1, 0.15) is 40.3 Å². The Labute approximate surface area is 116 Å². The lowest BCUT2D eigenvalue weighted by atomic mass is 9.97. The molecule has 1 N–H and O–H groups in total. The van der Waals surface area contributed by atoms with E-state index in [-0.39, 0.29) is 17.6 Å². The number of carboxylic acids is 1. The summed E-state index contributed by atoms with van der Waals surface area (Å²) in [5.41, 5.74) is 2.07. The molecule has 2 aromatic rings. The van der Waals surface area contributed by atoms with E-state index in [0.717, 1.165) is 5.56 Å². The zero-order valence-corrected chi connectivity index (χ0v) is 11.8. The van der Waals surface area contributed by atoms with Gasteiger partial charge in [0.2, 0.25) is 5.82 Å². The highest BCUT2D eigenvalue weighted by molar-refractivity contribution is 5.97. The molecule has 1 aromatic carbocycles. The minimum atomic E-state index is -1.01. The van der Waals surface area contributed by atoms with Crippen LogP contribution in [-0.2, 0) is 4.74 Å². The summed E-state index contributed by atoms with van der Waals surface area (Å²) in [7, 11) is 1.54. The van der Waals surface area contributed by atoms with Gasteiger partial charge in [0.05, 0.1) is 11.1 Å². The lowest BCUT2D eigenvalue weighted by Gasteiger charge is -2.08. The fraction of sp³-hybridized carbons (Fsp3) is 0.357. The van der Waals surface area contributed by atoms with Crippen molar-refractivity contribution < 1.29 is 19.2 Å². The van der Waals surface area contributed by atoms with Gasteiger partial charge < -0.3 is 14.4 Å². The zero-order valence-electron chi connectivity index (χ0n) is 11.8. The number of aryl methyl sites for hydroxylation is 2. The molecule has 20 heavy (non-hydrogen) atoms. The molecule has 106 valence electrons. The summed E-state index contributed by atoms with van der Waals surface area (Å²) in [6.07, 6.45) is -0.314. The Bertz CT molecular complexity index is 649. The number of nitrogens with zero attached hydrogens (tertiary/aromatic N) is 2. The molecule has 0 fully saturated rings. The van der Waals surface area contributed by atoms with Crippen molar-refractivity contribution in [1.29, 1.82) is 0 Å². The monoisotopic (exact) mass is 276 g/mol. The number of aromatic nitrogens is 2. The van der Waals surface area contributed by atoms with Crippen LogP contribution in [0.5, 0.6) is 0 Å². The highest BCUT2D eigenvalue weighted by Gasteiger charge is 2.22. The van der Waals surface area contributed by atoms with Gasteiger partial charge in [-0.25, -0.2) is 4.79 Å². The van der Waals surface area contributed by atoms with E-state index in [2.05, 4.69) is 10.1 Å². The Hall–Kier alpha value is -2.21. The fourth-order valence-corrected chi connectivity index (χ4v) is 1.97. The Kier molecular flexibility index (Phi) is 3.85. The second-order valence-electron chi connectivity index (χ2n) is 4.59. The van der Waals surface area contributed by atoms with Crippen molar-refractivity contribution in [2.45, 2.75) is 26.9 Å². The van der Waals surface area contributed by atoms with E-state index < -0.39 is 5.97 Å². The highest BCUT2D eigenvalue weighted by atomic mass is 16.5.